The number of nitrogens with zero attached hydrogens (tertiary/aromatic N) is 1. The Balaban J connectivity index is 2.59. The largest absolute Gasteiger partial charge is 0.388 e. The molecule has 0 aliphatic rings. The quantitative estimate of drug-likeness (QED) is 0.907. The summed E-state index contributed by atoms with van der Waals surface area (Å²) in [6, 6.07) is 1.22. The standard InChI is InChI=1S/C12H10F3NOS/c1-5-11(6(2)17)18-12(16-5)10-8(14)3-7(13)4-9(10)15/h3-4,6,17H,1-2H3. The highest BCUT2D eigenvalue weighted by Crippen LogP contribution is 2.34. The lowest BCUT2D eigenvalue weighted by Gasteiger charge is -2.01. The van der Waals surface area contributed by atoms with Crippen LogP contribution < -0.4 is 0 Å². The maximum Gasteiger partial charge on any atom is 0.139 e. The van der Waals surface area contributed by atoms with Crippen molar-refractivity contribution in [2.45, 2.75) is 20.0 Å². The van der Waals surface area contributed by atoms with Gasteiger partial charge in [-0.25, -0.2) is 18.2 Å². The average molecular weight is 273 g/mol. The molecule has 1 aromatic carbocycles. The van der Waals surface area contributed by atoms with Crippen molar-refractivity contribution in [3.8, 4) is 10.6 Å². The summed E-state index contributed by atoms with van der Waals surface area (Å²) in [7, 11) is 0. The maximum absolute atomic E-state index is 13.6. The highest BCUT2D eigenvalue weighted by atomic mass is 32.1. The van der Waals surface area contributed by atoms with E-state index in [2.05, 4.69) is 4.98 Å². The SMILES string of the molecule is Cc1nc(-c2c(F)cc(F)cc2F)sc1C(C)O. The Morgan fingerprint density at radius 3 is 2.22 bits per heavy atom. The van der Waals surface area contributed by atoms with E-state index in [1.807, 2.05) is 0 Å². The number of thiazole rings is 1. The summed E-state index contributed by atoms with van der Waals surface area (Å²) >= 11 is 0.991. The zero-order chi connectivity index (χ0) is 13.4. The predicted octanol–water partition coefficient (Wildman–Crippen LogP) is 3.59. The van der Waals surface area contributed by atoms with Gasteiger partial charge in [0.25, 0.3) is 0 Å². The maximum atomic E-state index is 13.6. The van der Waals surface area contributed by atoms with Gasteiger partial charge in [0, 0.05) is 12.1 Å². The lowest BCUT2D eigenvalue weighted by molar-refractivity contribution is 0.202. The number of benzene rings is 1. The van der Waals surface area contributed by atoms with Crippen LogP contribution in [0.1, 0.15) is 23.6 Å². The molecule has 0 fully saturated rings. The summed E-state index contributed by atoms with van der Waals surface area (Å²) in [6.45, 7) is 3.18. The van der Waals surface area contributed by atoms with Crippen molar-refractivity contribution >= 4 is 11.3 Å². The van der Waals surface area contributed by atoms with Crippen molar-refractivity contribution in [2.24, 2.45) is 0 Å². The molecule has 0 radical (unpaired) electrons. The molecule has 1 heterocycles. The second-order valence-electron chi connectivity index (χ2n) is 3.89. The number of aryl methyl sites for hydroxylation is 1. The normalized spacial score (nSPS) is 12.8. The van der Waals surface area contributed by atoms with Gasteiger partial charge in [-0.3, -0.25) is 0 Å². The number of hydrogen-bond acceptors (Lipinski definition) is 3. The fourth-order valence-electron chi connectivity index (χ4n) is 1.65. The van der Waals surface area contributed by atoms with Crippen LogP contribution in [0, 0.1) is 24.4 Å². The summed E-state index contributed by atoms with van der Waals surface area (Å²) < 4.78 is 39.9. The predicted molar refractivity (Wildman–Crippen MR) is 62.8 cm³/mol. The summed E-state index contributed by atoms with van der Waals surface area (Å²) in [6.07, 6.45) is -0.761. The number of hydrogen-bond donors (Lipinski definition) is 1. The first kappa shape index (κ1) is 13.0. The van der Waals surface area contributed by atoms with Crippen molar-refractivity contribution in [3.63, 3.8) is 0 Å². The second kappa shape index (κ2) is 4.70. The van der Waals surface area contributed by atoms with Crippen LogP contribution in [0.25, 0.3) is 10.6 Å². The van der Waals surface area contributed by atoms with E-state index in [-0.39, 0.29) is 10.6 Å². The minimum atomic E-state index is -1.00. The smallest absolute Gasteiger partial charge is 0.139 e. The Morgan fingerprint density at radius 1 is 1.22 bits per heavy atom. The van der Waals surface area contributed by atoms with Crippen molar-refractivity contribution in [2.75, 3.05) is 0 Å². The summed E-state index contributed by atoms with van der Waals surface area (Å²) in [4.78, 5) is 4.54. The summed E-state index contributed by atoms with van der Waals surface area (Å²) in [5.74, 6) is -2.98. The number of halogens is 3. The van der Waals surface area contributed by atoms with Gasteiger partial charge in [-0.1, -0.05) is 0 Å². The van der Waals surface area contributed by atoms with Crippen molar-refractivity contribution in [1.82, 2.24) is 4.98 Å². The molecule has 1 N–H and O–H groups in total. The highest BCUT2D eigenvalue weighted by Gasteiger charge is 2.20. The van der Waals surface area contributed by atoms with Gasteiger partial charge in [0.05, 0.1) is 22.2 Å². The van der Waals surface area contributed by atoms with Crippen LogP contribution in [0.2, 0.25) is 0 Å². The molecule has 2 aromatic rings. The number of rotatable bonds is 2. The molecule has 2 nitrogen and oxygen atoms in total. The Hall–Kier alpha value is -1.40. The van der Waals surface area contributed by atoms with Gasteiger partial charge >= 0.3 is 0 Å². The van der Waals surface area contributed by atoms with E-state index in [0.717, 1.165) is 11.3 Å². The van der Waals surface area contributed by atoms with Gasteiger partial charge in [0.15, 0.2) is 0 Å². The van der Waals surface area contributed by atoms with E-state index >= 15 is 0 Å². The van der Waals surface area contributed by atoms with E-state index < -0.39 is 23.6 Å². The van der Waals surface area contributed by atoms with Crippen LogP contribution in [0.3, 0.4) is 0 Å². The third kappa shape index (κ3) is 2.26. The molecule has 0 saturated carbocycles. The molecule has 2 rings (SSSR count). The van der Waals surface area contributed by atoms with Crippen LogP contribution in [-0.4, -0.2) is 10.1 Å². The van der Waals surface area contributed by atoms with Gasteiger partial charge < -0.3 is 5.11 Å². The molecule has 0 bridgehead atoms. The zero-order valence-electron chi connectivity index (χ0n) is 9.67. The first-order chi connectivity index (χ1) is 8.40. The third-order valence-corrected chi connectivity index (χ3v) is 3.78. The first-order valence-electron chi connectivity index (χ1n) is 5.20. The number of aliphatic hydroxyl groups is 1. The van der Waals surface area contributed by atoms with Crippen LogP contribution in [-0.2, 0) is 0 Å². The molecule has 1 unspecified atom stereocenters. The van der Waals surface area contributed by atoms with E-state index in [1.165, 1.54) is 0 Å². The van der Waals surface area contributed by atoms with Crippen LogP contribution in [0.5, 0.6) is 0 Å². The Kier molecular flexibility index (Phi) is 3.41. The van der Waals surface area contributed by atoms with Gasteiger partial charge in [-0.15, -0.1) is 11.3 Å². The molecule has 1 atom stereocenters. The monoisotopic (exact) mass is 273 g/mol. The van der Waals surface area contributed by atoms with Crippen LogP contribution >= 0.6 is 11.3 Å². The van der Waals surface area contributed by atoms with E-state index in [9.17, 15) is 18.3 Å². The highest BCUT2D eigenvalue weighted by molar-refractivity contribution is 7.15. The van der Waals surface area contributed by atoms with Gasteiger partial charge in [-0.2, -0.15) is 0 Å². The Morgan fingerprint density at radius 2 is 1.78 bits per heavy atom. The summed E-state index contributed by atoms with van der Waals surface area (Å²) in [5, 5.41) is 9.57. The van der Waals surface area contributed by atoms with Crippen molar-refractivity contribution < 1.29 is 18.3 Å². The van der Waals surface area contributed by atoms with E-state index in [1.54, 1.807) is 13.8 Å². The number of aromatic nitrogens is 1. The summed E-state index contributed by atoms with van der Waals surface area (Å²) in [5.41, 5.74) is 0.143. The lowest BCUT2D eigenvalue weighted by Crippen LogP contribution is -1.92. The molecule has 1 aromatic heterocycles. The average Bonchev–Trinajstić information content (AvgIpc) is 2.58. The van der Waals surface area contributed by atoms with E-state index in [0.29, 0.717) is 22.7 Å². The Bertz CT molecular complexity index is 572. The molecule has 0 spiro atoms. The molecule has 96 valence electrons. The zero-order valence-corrected chi connectivity index (χ0v) is 10.5. The minimum absolute atomic E-state index is 0.0957. The molecule has 0 aliphatic carbocycles. The molecule has 0 aliphatic heterocycles. The second-order valence-corrected chi connectivity index (χ2v) is 4.92. The molecule has 0 amide bonds. The number of aliphatic hydroxyl groups excluding tert-OH is 1. The molecular weight excluding hydrogens is 263 g/mol. The molecule has 6 heteroatoms. The minimum Gasteiger partial charge on any atom is -0.388 e. The fourth-order valence-corrected chi connectivity index (χ4v) is 2.70. The van der Waals surface area contributed by atoms with E-state index in [4.69, 9.17) is 0 Å². The molecule has 18 heavy (non-hydrogen) atoms. The van der Waals surface area contributed by atoms with Gasteiger partial charge in [0.1, 0.15) is 22.5 Å². The lowest BCUT2D eigenvalue weighted by atomic mass is 10.2. The van der Waals surface area contributed by atoms with Gasteiger partial charge in [-0.05, 0) is 13.8 Å². The van der Waals surface area contributed by atoms with Crippen molar-refractivity contribution in [3.05, 3.63) is 40.2 Å². The Labute approximate surface area is 106 Å². The topological polar surface area (TPSA) is 33.1 Å². The third-order valence-electron chi connectivity index (χ3n) is 2.43. The van der Waals surface area contributed by atoms with Crippen LogP contribution in [0.4, 0.5) is 13.2 Å². The fraction of sp³-hybridized carbons (Fsp3) is 0.250. The molecular formula is C12H10F3NOS. The van der Waals surface area contributed by atoms with Crippen molar-refractivity contribution in [1.29, 1.82) is 0 Å². The van der Waals surface area contributed by atoms with Crippen LogP contribution in [0.15, 0.2) is 12.1 Å². The first-order valence-corrected chi connectivity index (χ1v) is 6.02. The van der Waals surface area contributed by atoms with Gasteiger partial charge in [0.2, 0.25) is 0 Å². The molecule has 0 saturated heterocycles.